The van der Waals surface area contributed by atoms with E-state index in [1.807, 2.05) is 18.2 Å². The quantitative estimate of drug-likeness (QED) is 0.731. The van der Waals surface area contributed by atoms with Crippen molar-refractivity contribution >= 4 is 22.9 Å². The first-order valence-corrected chi connectivity index (χ1v) is 8.59. The fourth-order valence-corrected chi connectivity index (χ4v) is 3.18. The van der Waals surface area contributed by atoms with Crippen molar-refractivity contribution in [2.24, 2.45) is 0 Å². The van der Waals surface area contributed by atoms with Crippen molar-refractivity contribution in [1.29, 1.82) is 0 Å². The minimum Gasteiger partial charge on any atom is -0.494 e. The van der Waals surface area contributed by atoms with Crippen LogP contribution in [-0.4, -0.2) is 13.2 Å². The highest BCUT2D eigenvalue weighted by molar-refractivity contribution is 7.16. The summed E-state index contributed by atoms with van der Waals surface area (Å²) < 4.78 is 6.46. The van der Waals surface area contributed by atoms with E-state index in [9.17, 15) is 0 Å². The lowest BCUT2D eigenvalue weighted by molar-refractivity contribution is 0.317. The third kappa shape index (κ3) is 5.34. The van der Waals surface area contributed by atoms with Crippen molar-refractivity contribution in [1.82, 2.24) is 5.32 Å². The molecule has 0 saturated heterocycles. The van der Waals surface area contributed by atoms with E-state index in [2.05, 4.69) is 37.4 Å². The van der Waals surface area contributed by atoms with Crippen molar-refractivity contribution in [3.63, 3.8) is 0 Å². The molecule has 0 radical (unpaired) electrons. The van der Waals surface area contributed by atoms with Crippen LogP contribution in [0.25, 0.3) is 0 Å². The predicted octanol–water partition coefficient (Wildman–Crippen LogP) is 5.08. The molecular weight excluding hydrogens is 302 g/mol. The lowest BCUT2D eigenvalue weighted by Crippen LogP contribution is -2.21. The summed E-state index contributed by atoms with van der Waals surface area (Å²) in [6.45, 7) is 6.02. The largest absolute Gasteiger partial charge is 0.494 e. The predicted molar refractivity (Wildman–Crippen MR) is 91.7 cm³/mol. The second-order valence-corrected chi connectivity index (χ2v) is 6.85. The SMILES string of the molecule is CCCOc1ccc(C(C)NCCc2ccc(Cl)s2)cc1. The zero-order valence-corrected chi connectivity index (χ0v) is 14.1. The molecule has 0 bridgehead atoms. The van der Waals surface area contributed by atoms with E-state index >= 15 is 0 Å². The molecule has 114 valence electrons. The van der Waals surface area contributed by atoms with Gasteiger partial charge in [-0.25, -0.2) is 0 Å². The summed E-state index contributed by atoms with van der Waals surface area (Å²) in [4.78, 5) is 1.32. The minimum absolute atomic E-state index is 0.334. The Morgan fingerprint density at radius 2 is 1.95 bits per heavy atom. The first-order chi connectivity index (χ1) is 10.2. The fourth-order valence-electron chi connectivity index (χ4n) is 2.09. The van der Waals surface area contributed by atoms with Crippen LogP contribution in [0.1, 0.15) is 36.8 Å². The van der Waals surface area contributed by atoms with Gasteiger partial charge in [-0.1, -0.05) is 30.7 Å². The van der Waals surface area contributed by atoms with E-state index in [0.717, 1.165) is 36.1 Å². The Labute approximate surface area is 136 Å². The Balaban J connectivity index is 1.78. The number of hydrogen-bond donors (Lipinski definition) is 1. The van der Waals surface area contributed by atoms with Crippen LogP contribution in [0.3, 0.4) is 0 Å². The third-order valence-corrected chi connectivity index (χ3v) is 4.59. The van der Waals surface area contributed by atoms with E-state index in [1.165, 1.54) is 10.4 Å². The molecule has 0 saturated carbocycles. The highest BCUT2D eigenvalue weighted by Gasteiger charge is 2.05. The molecular formula is C17H22ClNOS. The van der Waals surface area contributed by atoms with E-state index in [1.54, 1.807) is 11.3 Å². The summed E-state index contributed by atoms with van der Waals surface area (Å²) in [5.41, 5.74) is 1.28. The van der Waals surface area contributed by atoms with Gasteiger partial charge in [0.2, 0.25) is 0 Å². The molecule has 1 aromatic carbocycles. The molecule has 2 aromatic rings. The molecule has 0 aliphatic heterocycles. The Morgan fingerprint density at radius 3 is 2.57 bits per heavy atom. The molecule has 1 unspecified atom stereocenters. The number of thiophene rings is 1. The molecule has 1 N–H and O–H groups in total. The zero-order valence-electron chi connectivity index (χ0n) is 12.6. The smallest absolute Gasteiger partial charge is 0.119 e. The van der Waals surface area contributed by atoms with Crippen LogP contribution in [0, 0.1) is 0 Å². The van der Waals surface area contributed by atoms with Crippen LogP contribution in [0.5, 0.6) is 5.75 Å². The molecule has 0 aliphatic carbocycles. The summed E-state index contributed by atoms with van der Waals surface area (Å²) in [7, 11) is 0. The van der Waals surface area contributed by atoms with Crippen LogP contribution in [0.4, 0.5) is 0 Å². The second kappa shape index (κ2) is 8.42. The monoisotopic (exact) mass is 323 g/mol. The summed E-state index contributed by atoms with van der Waals surface area (Å²) in [5, 5.41) is 3.54. The van der Waals surface area contributed by atoms with Gasteiger partial charge in [-0.05, 0) is 49.6 Å². The van der Waals surface area contributed by atoms with E-state index in [4.69, 9.17) is 16.3 Å². The van der Waals surface area contributed by atoms with Gasteiger partial charge in [-0.2, -0.15) is 0 Å². The molecule has 1 atom stereocenters. The van der Waals surface area contributed by atoms with Crippen molar-refractivity contribution in [2.75, 3.05) is 13.2 Å². The van der Waals surface area contributed by atoms with Gasteiger partial charge in [0.25, 0.3) is 0 Å². The van der Waals surface area contributed by atoms with E-state index < -0.39 is 0 Å². The summed E-state index contributed by atoms with van der Waals surface area (Å²) >= 11 is 7.59. The summed E-state index contributed by atoms with van der Waals surface area (Å²) in [5.74, 6) is 0.945. The number of rotatable bonds is 8. The molecule has 0 aliphatic rings. The van der Waals surface area contributed by atoms with Crippen LogP contribution >= 0.6 is 22.9 Å². The van der Waals surface area contributed by atoms with Crippen molar-refractivity contribution in [3.8, 4) is 5.75 Å². The van der Waals surface area contributed by atoms with Gasteiger partial charge in [-0.15, -0.1) is 11.3 Å². The molecule has 21 heavy (non-hydrogen) atoms. The van der Waals surface area contributed by atoms with E-state index in [-0.39, 0.29) is 0 Å². The maximum absolute atomic E-state index is 5.93. The van der Waals surface area contributed by atoms with Gasteiger partial charge in [0.1, 0.15) is 5.75 Å². The molecule has 4 heteroatoms. The normalized spacial score (nSPS) is 12.3. The van der Waals surface area contributed by atoms with Crippen molar-refractivity contribution < 1.29 is 4.74 Å². The number of hydrogen-bond acceptors (Lipinski definition) is 3. The fraction of sp³-hybridized carbons (Fsp3) is 0.412. The highest BCUT2D eigenvalue weighted by atomic mass is 35.5. The van der Waals surface area contributed by atoms with Crippen molar-refractivity contribution in [3.05, 3.63) is 51.2 Å². The standard InChI is InChI=1S/C17H22ClNOS/c1-3-12-20-15-6-4-14(5-7-15)13(2)19-11-10-16-8-9-17(18)21-16/h4-9,13,19H,3,10-12H2,1-2H3. The molecule has 2 rings (SSSR count). The lowest BCUT2D eigenvalue weighted by Gasteiger charge is -2.14. The lowest BCUT2D eigenvalue weighted by atomic mass is 10.1. The van der Waals surface area contributed by atoms with Gasteiger partial charge in [0.15, 0.2) is 0 Å². The van der Waals surface area contributed by atoms with Crippen LogP contribution in [0.15, 0.2) is 36.4 Å². The number of benzene rings is 1. The number of halogens is 1. The summed E-state index contributed by atoms with van der Waals surface area (Å²) in [6.07, 6.45) is 2.05. The number of nitrogens with one attached hydrogen (secondary N) is 1. The summed E-state index contributed by atoms with van der Waals surface area (Å²) in [6, 6.07) is 12.7. The second-order valence-electron chi connectivity index (χ2n) is 5.05. The Hall–Kier alpha value is -1.03. The molecule has 0 spiro atoms. The average molecular weight is 324 g/mol. The third-order valence-electron chi connectivity index (χ3n) is 3.30. The highest BCUT2D eigenvalue weighted by Crippen LogP contribution is 2.22. The van der Waals surface area contributed by atoms with Crippen LogP contribution in [0.2, 0.25) is 4.34 Å². The van der Waals surface area contributed by atoms with Gasteiger partial charge < -0.3 is 10.1 Å². The molecule has 1 heterocycles. The Bertz CT molecular complexity index is 538. The van der Waals surface area contributed by atoms with Gasteiger partial charge in [0.05, 0.1) is 10.9 Å². The maximum Gasteiger partial charge on any atom is 0.119 e. The average Bonchev–Trinajstić information content (AvgIpc) is 2.91. The maximum atomic E-state index is 5.93. The Kier molecular flexibility index (Phi) is 6.55. The van der Waals surface area contributed by atoms with E-state index in [0.29, 0.717) is 6.04 Å². The first-order valence-electron chi connectivity index (χ1n) is 7.39. The molecule has 0 fully saturated rings. The van der Waals surface area contributed by atoms with Crippen LogP contribution < -0.4 is 10.1 Å². The minimum atomic E-state index is 0.334. The topological polar surface area (TPSA) is 21.3 Å². The van der Waals surface area contributed by atoms with Gasteiger partial charge >= 0.3 is 0 Å². The number of ether oxygens (including phenoxy) is 1. The van der Waals surface area contributed by atoms with Crippen LogP contribution in [-0.2, 0) is 6.42 Å². The molecule has 0 amide bonds. The molecule has 2 nitrogen and oxygen atoms in total. The molecule has 1 aromatic heterocycles. The van der Waals surface area contributed by atoms with Gasteiger partial charge in [-0.3, -0.25) is 0 Å². The first kappa shape index (κ1) is 16.3. The van der Waals surface area contributed by atoms with Crippen molar-refractivity contribution in [2.45, 2.75) is 32.7 Å². The Morgan fingerprint density at radius 1 is 1.19 bits per heavy atom. The zero-order chi connectivity index (χ0) is 15.1. The van der Waals surface area contributed by atoms with Gasteiger partial charge in [0, 0.05) is 17.5 Å².